The second-order valence-corrected chi connectivity index (χ2v) is 8.89. The zero-order chi connectivity index (χ0) is 37.0. The fraction of sp³-hybridized carbons (Fsp3) is 0.242. The highest BCUT2D eigenvalue weighted by molar-refractivity contribution is 6.09. The SMILES string of the molecule is [2H]C([2H])([2H])C([2H])(c1cccc(C([2H])(C([2H])([2H])[2H])C([2H])([2H])[2H])c1-n1c(-c2c(C)ccc3c2oc2ccccc23)[n+](C)c2ccccc21)C([2H])([2H])[2H]. The molecule has 0 saturated carbocycles. The van der Waals surface area contributed by atoms with Gasteiger partial charge in [0.25, 0.3) is 5.82 Å². The van der Waals surface area contributed by atoms with Crippen molar-refractivity contribution in [1.82, 2.24) is 4.57 Å². The van der Waals surface area contributed by atoms with Crippen molar-refractivity contribution in [2.24, 2.45) is 7.05 Å². The summed E-state index contributed by atoms with van der Waals surface area (Å²) in [6, 6.07) is 21.1. The molecule has 0 saturated heterocycles. The summed E-state index contributed by atoms with van der Waals surface area (Å²) in [5.74, 6) is -6.60. The number of imidazole rings is 1. The Labute approximate surface area is 232 Å². The highest BCUT2D eigenvalue weighted by Gasteiger charge is 2.33. The molecule has 0 amide bonds. The van der Waals surface area contributed by atoms with Crippen LogP contribution in [0.3, 0.4) is 0 Å². The molecule has 6 rings (SSSR count). The van der Waals surface area contributed by atoms with Gasteiger partial charge >= 0.3 is 0 Å². The van der Waals surface area contributed by atoms with E-state index in [9.17, 15) is 2.74 Å². The van der Waals surface area contributed by atoms with E-state index >= 15 is 0 Å². The van der Waals surface area contributed by atoms with Crippen LogP contribution in [0.1, 0.15) is 75.1 Å². The van der Waals surface area contributed by atoms with E-state index in [1.54, 1.807) is 48.9 Å². The number of aromatic nitrogens is 2. The molecule has 0 atom stereocenters. The third-order valence-electron chi connectivity index (χ3n) is 6.79. The average Bonchev–Trinajstić information content (AvgIpc) is 3.52. The monoisotopic (exact) mass is 487 g/mol. The largest absolute Gasteiger partial charge is 0.455 e. The van der Waals surface area contributed by atoms with Crippen molar-refractivity contribution in [1.29, 1.82) is 0 Å². The van der Waals surface area contributed by atoms with E-state index in [2.05, 4.69) is 0 Å². The molecule has 0 aliphatic heterocycles. The van der Waals surface area contributed by atoms with Gasteiger partial charge in [-0.3, -0.25) is 0 Å². The molecule has 3 heteroatoms. The first-order valence-electron chi connectivity index (χ1n) is 18.5. The van der Waals surface area contributed by atoms with Gasteiger partial charge in [0.15, 0.2) is 16.6 Å². The standard InChI is InChI=1S/C33H33N2O/c1-20(2)23-13-11-14-24(21(3)4)31(23)35-28-16-9-8-15-27(28)34(6)33(35)30-22(5)18-19-26-25-12-7-10-17-29(25)36-32(26)30/h7-21H,1-6H3/q+1/i1D3,2D3,3D3,4D3,20D,21D. The molecule has 0 radical (unpaired) electrons. The lowest BCUT2D eigenvalue weighted by molar-refractivity contribution is -0.633. The smallest absolute Gasteiger partial charge is 0.299 e. The topological polar surface area (TPSA) is 21.9 Å². The lowest BCUT2D eigenvalue weighted by Gasteiger charge is -2.18. The van der Waals surface area contributed by atoms with Crippen molar-refractivity contribution >= 4 is 33.0 Å². The number of benzene rings is 4. The molecule has 0 bridgehead atoms. The van der Waals surface area contributed by atoms with Gasteiger partial charge in [-0.2, -0.15) is 4.57 Å². The highest BCUT2D eigenvalue weighted by Crippen LogP contribution is 2.41. The fourth-order valence-electron chi connectivity index (χ4n) is 5.17. The first-order valence-corrected chi connectivity index (χ1v) is 11.5. The van der Waals surface area contributed by atoms with Crippen molar-refractivity contribution < 1.29 is 28.2 Å². The summed E-state index contributed by atoms with van der Waals surface area (Å²) in [4.78, 5) is 0. The van der Waals surface area contributed by atoms with Gasteiger partial charge in [0.1, 0.15) is 16.8 Å². The van der Waals surface area contributed by atoms with Crippen LogP contribution in [-0.2, 0) is 7.05 Å². The van der Waals surface area contributed by atoms with Crippen molar-refractivity contribution in [2.75, 3.05) is 0 Å². The van der Waals surface area contributed by atoms with Crippen molar-refractivity contribution in [3.05, 3.63) is 95.6 Å². The number of nitrogens with zero attached hydrogens (tertiary/aromatic N) is 2. The first-order chi connectivity index (χ1) is 23.0. The quantitative estimate of drug-likeness (QED) is 0.228. The Balaban J connectivity index is 1.94. The average molecular weight is 488 g/mol. The maximum atomic E-state index is 9.30. The van der Waals surface area contributed by atoms with Gasteiger partial charge in [-0.1, -0.05) is 88.1 Å². The molecule has 180 valence electrons. The molecule has 4 aromatic carbocycles. The van der Waals surface area contributed by atoms with Crippen LogP contribution >= 0.6 is 0 Å². The minimum atomic E-state index is -3.55. The lowest BCUT2D eigenvalue weighted by atomic mass is 9.92. The summed E-state index contributed by atoms with van der Waals surface area (Å²) in [5, 5.41) is 1.51. The predicted octanol–water partition coefficient (Wildman–Crippen LogP) is 8.58. The Morgan fingerprint density at radius 1 is 0.806 bits per heavy atom. The summed E-state index contributed by atoms with van der Waals surface area (Å²) < 4.78 is 129. The highest BCUT2D eigenvalue weighted by atomic mass is 16.3. The van der Waals surface area contributed by atoms with Crippen LogP contribution in [0.15, 0.2) is 83.3 Å². The van der Waals surface area contributed by atoms with E-state index in [-0.39, 0.29) is 5.82 Å². The minimum absolute atomic E-state index is 0.235. The van der Waals surface area contributed by atoms with Gasteiger partial charge in [-0.05, 0) is 42.5 Å². The molecule has 3 nitrogen and oxygen atoms in total. The van der Waals surface area contributed by atoms with Gasteiger partial charge in [0.05, 0.1) is 7.05 Å². The molecule has 0 spiro atoms. The van der Waals surface area contributed by atoms with Crippen molar-refractivity contribution in [3.8, 4) is 17.1 Å². The number of aryl methyl sites for hydroxylation is 2. The molecule has 0 fully saturated rings. The van der Waals surface area contributed by atoms with Crippen molar-refractivity contribution in [3.63, 3.8) is 0 Å². The van der Waals surface area contributed by atoms with Gasteiger partial charge in [0.2, 0.25) is 0 Å². The molecule has 0 unspecified atom stereocenters. The molecule has 0 aliphatic carbocycles. The Hall–Kier alpha value is -3.85. The zero-order valence-electron chi connectivity index (χ0n) is 33.8. The molecule has 2 aromatic heterocycles. The predicted molar refractivity (Wildman–Crippen MR) is 150 cm³/mol. The Bertz CT molecular complexity index is 2200. The van der Waals surface area contributed by atoms with Crippen LogP contribution in [0.5, 0.6) is 0 Å². The lowest BCUT2D eigenvalue weighted by Crippen LogP contribution is -2.30. The van der Waals surface area contributed by atoms with Gasteiger partial charge in [0, 0.05) is 41.1 Å². The number of para-hydroxylation sites is 4. The molecular formula is C33H33N2O+. The number of furan rings is 1. The van der Waals surface area contributed by atoms with E-state index in [0.717, 1.165) is 23.6 Å². The minimum Gasteiger partial charge on any atom is -0.455 e. The van der Waals surface area contributed by atoms with E-state index in [0.29, 0.717) is 38.7 Å². The van der Waals surface area contributed by atoms with E-state index in [4.69, 9.17) is 20.9 Å². The molecule has 36 heavy (non-hydrogen) atoms. The second kappa shape index (κ2) is 8.37. The summed E-state index contributed by atoms with van der Waals surface area (Å²) in [6.07, 6.45) is 0. The summed E-state index contributed by atoms with van der Waals surface area (Å²) >= 11 is 0. The fourth-order valence-corrected chi connectivity index (χ4v) is 5.17. The number of fused-ring (bicyclic) bond motifs is 4. The van der Waals surface area contributed by atoms with Gasteiger partial charge in [-0.15, -0.1) is 0 Å². The molecule has 0 aliphatic rings. The van der Waals surface area contributed by atoms with E-state index in [1.165, 1.54) is 4.57 Å². The van der Waals surface area contributed by atoms with Crippen LogP contribution in [0.4, 0.5) is 0 Å². The van der Waals surface area contributed by atoms with Crippen molar-refractivity contribution in [2.45, 2.75) is 46.1 Å². The Kier molecular flexibility index (Phi) is 2.77. The van der Waals surface area contributed by atoms with Gasteiger partial charge in [-0.25, -0.2) is 4.57 Å². The molecule has 6 aromatic rings. The van der Waals surface area contributed by atoms with Crippen LogP contribution < -0.4 is 4.57 Å². The maximum absolute atomic E-state index is 9.30. The summed E-state index contributed by atoms with van der Waals surface area (Å²) in [7, 11) is 1.69. The number of hydrogen-bond acceptors (Lipinski definition) is 1. The summed E-state index contributed by atoms with van der Waals surface area (Å²) in [5.41, 5.74) is 0.960. The molecule has 2 heterocycles. The van der Waals surface area contributed by atoms with Crippen LogP contribution in [0, 0.1) is 6.92 Å². The van der Waals surface area contributed by atoms with Crippen LogP contribution in [-0.4, -0.2) is 4.57 Å². The third kappa shape index (κ3) is 3.22. The molecule has 0 N–H and O–H groups in total. The first kappa shape index (κ1) is 11.9. The summed E-state index contributed by atoms with van der Waals surface area (Å²) in [6.45, 7) is -12.4. The maximum Gasteiger partial charge on any atom is 0.299 e. The zero-order valence-corrected chi connectivity index (χ0v) is 19.8. The Morgan fingerprint density at radius 2 is 1.50 bits per heavy atom. The van der Waals surface area contributed by atoms with Crippen LogP contribution in [0.25, 0.3) is 50.0 Å². The number of hydrogen-bond donors (Lipinski definition) is 0. The van der Waals surface area contributed by atoms with E-state index < -0.39 is 56.0 Å². The molecular weight excluding hydrogens is 440 g/mol. The van der Waals surface area contributed by atoms with E-state index in [1.807, 2.05) is 30.3 Å². The third-order valence-corrected chi connectivity index (χ3v) is 6.79. The number of rotatable bonds is 4. The normalized spacial score (nSPS) is 19.8. The Morgan fingerprint density at radius 3 is 2.25 bits per heavy atom. The van der Waals surface area contributed by atoms with Crippen LogP contribution in [0.2, 0.25) is 0 Å². The second-order valence-electron chi connectivity index (χ2n) is 8.89. The van der Waals surface area contributed by atoms with Gasteiger partial charge < -0.3 is 4.42 Å².